The van der Waals surface area contributed by atoms with E-state index in [2.05, 4.69) is 0 Å². The van der Waals surface area contributed by atoms with Gasteiger partial charge in [0.05, 0.1) is 12.0 Å². The molecule has 0 unspecified atom stereocenters. The summed E-state index contributed by atoms with van der Waals surface area (Å²) in [6.45, 7) is 0. The summed E-state index contributed by atoms with van der Waals surface area (Å²) in [4.78, 5) is 0. The molecular weight excluding hydrogens is 105 g/mol. The summed E-state index contributed by atoms with van der Waals surface area (Å²) in [5, 5.41) is 8.25. The van der Waals surface area contributed by atoms with Crippen LogP contribution in [0, 0.1) is 17.2 Å². The van der Waals surface area contributed by atoms with E-state index in [1.165, 1.54) is 0 Å². The minimum atomic E-state index is -0.833. The summed E-state index contributed by atoms with van der Waals surface area (Å²) in [6, 6.07) is 1.94. The molecule has 0 aromatic rings. The molecule has 0 bridgehead atoms. The molecule has 0 heterocycles. The Labute approximate surface area is 48.1 Å². The van der Waals surface area contributed by atoms with Gasteiger partial charge in [0.1, 0.15) is 6.17 Å². The molecule has 1 fully saturated rings. The molecule has 0 aliphatic heterocycles. The minimum absolute atomic E-state index is 0.296. The van der Waals surface area contributed by atoms with E-state index in [9.17, 15) is 4.39 Å². The highest BCUT2D eigenvalue weighted by Gasteiger charge is 2.25. The molecule has 8 heavy (non-hydrogen) atoms. The van der Waals surface area contributed by atoms with Crippen LogP contribution in [0.3, 0.4) is 0 Å². The second-order valence-electron chi connectivity index (χ2n) is 2.18. The van der Waals surface area contributed by atoms with Crippen LogP contribution in [0.4, 0.5) is 4.39 Å². The third-order valence-electron chi connectivity index (χ3n) is 1.60. The number of hydrogen-bond acceptors (Lipinski definition) is 1. The summed E-state index contributed by atoms with van der Waals surface area (Å²) in [7, 11) is 0. The minimum Gasteiger partial charge on any atom is -0.246 e. The quantitative estimate of drug-likeness (QED) is 0.468. The Hall–Kier alpha value is -0.580. The van der Waals surface area contributed by atoms with Crippen molar-refractivity contribution in [3.8, 4) is 6.07 Å². The fraction of sp³-hybridized carbons (Fsp3) is 0.833. The number of nitrogens with zero attached hydrogens (tertiary/aromatic N) is 1. The molecular formula is C6H8FN. The lowest BCUT2D eigenvalue weighted by Crippen LogP contribution is -2.03. The van der Waals surface area contributed by atoms with Crippen molar-refractivity contribution in [3.63, 3.8) is 0 Å². The molecule has 0 aromatic carbocycles. The molecule has 44 valence electrons. The highest BCUT2D eigenvalue weighted by Crippen LogP contribution is 2.26. The van der Waals surface area contributed by atoms with Gasteiger partial charge in [-0.25, -0.2) is 4.39 Å². The van der Waals surface area contributed by atoms with Gasteiger partial charge in [-0.1, -0.05) is 0 Å². The van der Waals surface area contributed by atoms with Crippen molar-refractivity contribution in [1.82, 2.24) is 0 Å². The predicted molar refractivity (Wildman–Crippen MR) is 27.8 cm³/mol. The molecule has 2 atom stereocenters. The second-order valence-corrected chi connectivity index (χ2v) is 2.18. The van der Waals surface area contributed by atoms with Crippen LogP contribution in [-0.2, 0) is 0 Å². The number of halogens is 1. The van der Waals surface area contributed by atoms with Gasteiger partial charge in [0.25, 0.3) is 0 Å². The molecule has 1 saturated carbocycles. The third-order valence-corrected chi connectivity index (χ3v) is 1.60. The summed E-state index contributed by atoms with van der Waals surface area (Å²) in [5.41, 5.74) is 0. The SMILES string of the molecule is N#C[C@H]1CCC[C@H]1F. The van der Waals surface area contributed by atoms with Crippen LogP contribution in [0.25, 0.3) is 0 Å². The van der Waals surface area contributed by atoms with Crippen molar-refractivity contribution in [2.24, 2.45) is 5.92 Å². The van der Waals surface area contributed by atoms with Crippen LogP contribution in [0.1, 0.15) is 19.3 Å². The molecule has 0 aromatic heterocycles. The number of hydrogen-bond donors (Lipinski definition) is 0. The van der Waals surface area contributed by atoms with E-state index < -0.39 is 6.17 Å². The van der Waals surface area contributed by atoms with Crippen molar-refractivity contribution >= 4 is 0 Å². The summed E-state index contributed by atoms with van der Waals surface area (Å²) < 4.78 is 12.4. The molecule has 1 nitrogen and oxygen atoms in total. The fourth-order valence-corrected chi connectivity index (χ4v) is 1.06. The molecule has 0 saturated heterocycles. The summed E-state index contributed by atoms with van der Waals surface area (Å²) in [5.74, 6) is -0.296. The standard InChI is InChI=1S/C6H8FN/c7-6-3-1-2-5(6)4-8/h5-6H,1-3H2/t5-,6-/m1/s1. The van der Waals surface area contributed by atoms with Gasteiger partial charge in [-0.3, -0.25) is 0 Å². The third kappa shape index (κ3) is 0.812. The Morgan fingerprint density at radius 3 is 2.50 bits per heavy atom. The van der Waals surface area contributed by atoms with Crippen molar-refractivity contribution in [3.05, 3.63) is 0 Å². The summed E-state index contributed by atoms with van der Waals surface area (Å²) in [6.07, 6.45) is 1.41. The van der Waals surface area contributed by atoms with Crippen molar-refractivity contribution in [2.75, 3.05) is 0 Å². The maximum atomic E-state index is 12.4. The molecule has 0 N–H and O–H groups in total. The highest BCUT2D eigenvalue weighted by atomic mass is 19.1. The van der Waals surface area contributed by atoms with E-state index in [0.29, 0.717) is 6.42 Å². The molecule has 1 aliphatic carbocycles. The average molecular weight is 113 g/mol. The zero-order chi connectivity index (χ0) is 5.98. The first-order valence-electron chi connectivity index (χ1n) is 2.88. The van der Waals surface area contributed by atoms with Gasteiger partial charge in [-0.15, -0.1) is 0 Å². The van der Waals surface area contributed by atoms with Crippen LogP contribution < -0.4 is 0 Å². The first-order valence-corrected chi connectivity index (χ1v) is 2.88. The monoisotopic (exact) mass is 113 g/mol. The van der Waals surface area contributed by atoms with Gasteiger partial charge in [0, 0.05) is 0 Å². The van der Waals surface area contributed by atoms with E-state index in [0.717, 1.165) is 12.8 Å². The maximum absolute atomic E-state index is 12.4. The van der Waals surface area contributed by atoms with Gasteiger partial charge in [-0.05, 0) is 19.3 Å². The first kappa shape index (κ1) is 5.55. The van der Waals surface area contributed by atoms with Gasteiger partial charge < -0.3 is 0 Å². The largest absolute Gasteiger partial charge is 0.246 e. The molecule has 1 aliphatic rings. The van der Waals surface area contributed by atoms with Crippen LogP contribution >= 0.6 is 0 Å². The first-order chi connectivity index (χ1) is 3.84. The Morgan fingerprint density at radius 1 is 1.50 bits per heavy atom. The second kappa shape index (κ2) is 2.13. The normalized spacial score (nSPS) is 37.0. The van der Waals surface area contributed by atoms with E-state index >= 15 is 0 Å². The number of rotatable bonds is 0. The van der Waals surface area contributed by atoms with Gasteiger partial charge in [-0.2, -0.15) is 5.26 Å². The van der Waals surface area contributed by atoms with Crippen LogP contribution in [0.15, 0.2) is 0 Å². The van der Waals surface area contributed by atoms with Crippen LogP contribution in [0.2, 0.25) is 0 Å². The smallest absolute Gasteiger partial charge is 0.116 e. The van der Waals surface area contributed by atoms with E-state index in [1.807, 2.05) is 6.07 Å². The highest BCUT2D eigenvalue weighted by molar-refractivity contribution is 4.92. The Morgan fingerprint density at radius 2 is 2.25 bits per heavy atom. The molecule has 2 heteroatoms. The van der Waals surface area contributed by atoms with Crippen LogP contribution in [-0.4, -0.2) is 6.17 Å². The van der Waals surface area contributed by atoms with Crippen LogP contribution in [0.5, 0.6) is 0 Å². The van der Waals surface area contributed by atoms with Crippen molar-refractivity contribution in [1.29, 1.82) is 5.26 Å². The summed E-state index contributed by atoms with van der Waals surface area (Å²) >= 11 is 0. The van der Waals surface area contributed by atoms with Gasteiger partial charge in [0.15, 0.2) is 0 Å². The lowest BCUT2D eigenvalue weighted by molar-refractivity contribution is 0.301. The molecule has 0 spiro atoms. The Kier molecular flexibility index (Phi) is 1.48. The van der Waals surface area contributed by atoms with Gasteiger partial charge in [0.2, 0.25) is 0 Å². The zero-order valence-corrected chi connectivity index (χ0v) is 4.60. The van der Waals surface area contributed by atoms with Crippen molar-refractivity contribution in [2.45, 2.75) is 25.4 Å². The number of nitriles is 1. The lowest BCUT2D eigenvalue weighted by Gasteiger charge is -1.97. The van der Waals surface area contributed by atoms with Crippen molar-refractivity contribution < 1.29 is 4.39 Å². The zero-order valence-electron chi connectivity index (χ0n) is 4.60. The molecule has 1 rings (SSSR count). The number of alkyl halides is 1. The van der Waals surface area contributed by atoms with Gasteiger partial charge >= 0.3 is 0 Å². The lowest BCUT2D eigenvalue weighted by atomic mass is 10.1. The molecule has 0 radical (unpaired) electrons. The topological polar surface area (TPSA) is 23.8 Å². The van der Waals surface area contributed by atoms with E-state index in [1.54, 1.807) is 0 Å². The Bertz CT molecular complexity index is 116. The average Bonchev–Trinajstić information content (AvgIpc) is 2.14. The Balaban J connectivity index is 2.45. The van der Waals surface area contributed by atoms with E-state index in [-0.39, 0.29) is 5.92 Å². The predicted octanol–water partition coefficient (Wildman–Crippen LogP) is 1.65. The molecule has 0 amide bonds. The maximum Gasteiger partial charge on any atom is 0.116 e. The van der Waals surface area contributed by atoms with E-state index in [4.69, 9.17) is 5.26 Å². The fourth-order valence-electron chi connectivity index (χ4n) is 1.06.